The lowest BCUT2D eigenvalue weighted by atomic mass is 9.95. The lowest BCUT2D eigenvalue weighted by molar-refractivity contribution is 0.112. The summed E-state index contributed by atoms with van der Waals surface area (Å²) in [4.78, 5) is 23.0. The van der Waals surface area contributed by atoms with Gasteiger partial charge in [-0.3, -0.25) is 4.79 Å². The van der Waals surface area contributed by atoms with Gasteiger partial charge in [0.05, 0.1) is 0 Å². The van der Waals surface area contributed by atoms with Crippen molar-refractivity contribution in [3.63, 3.8) is 0 Å². The fourth-order valence-electron chi connectivity index (χ4n) is 1.98. The van der Waals surface area contributed by atoms with Gasteiger partial charge in [0.15, 0.2) is 6.29 Å². The summed E-state index contributed by atoms with van der Waals surface area (Å²) in [6, 6.07) is 7.37. The molecule has 1 heterocycles. The maximum atomic E-state index is 10.9. The van der Waals surface area contributed by atoms with Crippen LogP contribution in [0.25, 0.3) is 5.57 Å². The molecular weight excluding hydrogens is 218 g/mol. The highest BCUT2D eigenvalue weighted by Gasteiger charge is 2.17. The van der Waals surface area contributed by atoms with E-state index in [1.165, 1.54) is 4.90 Å². The minimum atomic E-state index is -0.899. The van der Waals surface area contributed by atoms with Crippen molar-refractivity contribution in [3.05, 3.63) is 41.5 Å². The van der Waals surface area contributed by atoms with E-state index < -0.39 is 6.09 Å². The predicted molar refractivity (Wildman–Crippen MR) is 64.0 cm³/mol. The molecule has 1 N–H and O–H groups in total. The first-order valence-corrected chi connectivity index (χ1v) is 5.44. The van der Waals surface area contributed by atoms with Crippen LogP contribution in [-0.4, -0.2) is 35.5 Å². The SMILES string of the molecule is O=Cc1ccccc1C1=CCN(C(=O)O)CC1. The van der Waals surface area contributed by atoms with Crippen LogP contribution in [0.15, 0.2) is 30.3 Å². The van der Waals surface area contributed by atoms with Gasteiger partial charge in [0, 0.05) is 18.7 Å². The molecule has 1 amide bonds. The van der Waals surface area contributed by atoms with Crippen molar-refractivity contribution in [3.8, 4) is 0 Å². The third-order valence-electron chi connectivity index (χ3n) is 2.91. The molecule has 0 bridgehead atoms. The highest BCUT2D eigenvalue weighted by Crippen LogP contribution is 2.24. The molecular formula is C13H13NO3. The predicted octanol–water partition coefficient (Wildman–Crippen LogP) is 2.27. The molecule has 1 aromatic rings. The van der Waals surface area contributed by atoms with Gasteiger partial charge >= 0.3 is 6.09 Å². The van der Waals surface area contributed by atoms with Crippen LogP contribution in [0.3, 0.4) is 0 Å². The molecule has 1 aliphatic rings. The second-order valence-electron chi connectivity index (χ2n) is 3.91. The molecule has 4 heteroatoms. The van der Waals surface area contributed by atoms with Crippen molar-refractivity contribution < 1.29 is 14.7 Å². The maximum absolute atomic E-state index is 10.9. The standard InChI is InChI=1S/C13H13NO3/c15-9-11-3-1-2-4-12(11)10-5-7-14(8-6-10)13(16)17/h1-5,9H,6-8H2,(H,16,17). The van der Waals surface area contributed by atoms with E-state index in [9.17, 15) is 9.59 Å². The van der Waals surface area contributed by atoms with Gasteiger partial charge in [-0.1, -0.05) is 30.3 Å². The number of carbonyl (C=O) groups is 2. The number of benzene rings is 1. The Morgan fingerprint density at radius 3 is 2.71 bits per heavy atom. The van der Waals surface area contributed by atoms with Gasteiger partial charge in [-0.05, 0) is 17.6 Å². The quantitative estimate of drug-likeness (QED) is 0.794. The van der Waals surface area contributed by atoms with Gasteiger partial charge in [0.1, 0.15) is 0 Å². The Morgan fingerprint density at radius 2 is 2.12 bits per heavy atom. The molecule has 0 saturated heterocycles. The Bertz CT molecular complexity index is 479. The number of carbonyl (C=O) groups excluding carboxylic acids is 1. The summed E-state index contributed by atoms with van der Waals surface area (Å²) >= 11 is 0. The third kappa shape index (κ3) is 2.36. The number of carboxylic acid groups (broad SMARTS) is 1. The van der Waals surface area contributed by atoms with Gasteiger partial charge in [-0.25, -0.2) is 4.79 Å². The molecule has 2 rings (SSSR count). The monoisotopic (exact) mass is 231 g/mol. The summed E-state index contributed by atoms with van der Waals surface area (Å²) in [7, 11) is 0. The molecule has 88 valence electrons. The lowest BCUT2D eigenvalue weighted by Crippen LogP contribution is -2.33. The molecule has 0 spiro atoms. The average Bonchev–Trinajstić information content (AvgIpc) is 2.39. The van der Waals surface area contributed by atoms with E-state index in [0.29, 0.717) is 25.1 Å². The van der Waals surface area contributed by atoms with E-state index >= 15 is 0 Å². The first-order valence-electron chi connectivity index (χ1n) is 5.44. The minimum Gasteiger partial charge on any atom is -0.465 e. The molecule has 0 aromatic heterocycles. The normalized spacial score (nSPS) is 15.3. The van der Waals surface area contributed by atoms with E-state index in [4.69, 9.17) is 5.11 Å². The van der Waals surface area contributed by atoms with Crippen LogP contribution in [0.2, 0.25) is 0 Å². The van der Waals surface area contributed by atoms with E-state index in [-0.39, 0.29) is 0 Å². The van der Waals surface area contributed by atoms with E-state index in [1.54, 1.807) is 6.07 Å². The van der Waals surface area contributed by atoms with Crippen molar-refractivity contribution >= 4 is 18.0 Å². The number of amides is 1. The molecule has 17 heavy (non-hydrogen) atoms. The fraction of sp³-hybridized carbons (Fsp3) is 0.231. The maximum Gasteiger partial charge on any atom is 0.407 e. The number of aldehydes is 1. The van der Waals surface area contributed by atoms with Crippen LogP contribution in [-0.2, 0) is 0 Å². The summed E-state index contributed by atoms with van der Waals surface area (Å²) in [6.07, 6.45) is 2.46. The summed E-state index contributed by atoms with van der Waals surface area (Å²) in [5.74, 6) is 0. The topological polar surface area (TPSA) is 57.6 Å². The fourth-order valence-corrected chi connectivity index (χ4v) is 1.98. The average molecular weight is 231 g/mol. The van der Waals surface area contributed by atoms with Crippen LogP contribution in [0.4, 0.5) is 4.79 Å². The Morgan fingerprint density at radius 1 is 1.35 bits per heavy atom. The van der Waals surface area contributed by atoms with Crippen LogP contribution in [0.5, 0.6) is 0 Å². The Labute approximate surface area is 99.2 Å². The summed E-state index contributed by atoms with van der Waals surface area (Å²) in [5.41, 5.74) is 2.61. The molecule has 0 atom stereocenters. The van der Waals surface area contributed by atoms with E-state index in [2.05, 4.69) is 0 Å². The van der Waals surface area contributed by atoms with Gasteiger partial charge in [-0.2, -0.15) is 0 Å². The first kappa shape index (κ1) is 11.4. The first-order chi connectivity index (χ1) is 8.22. The van der Waals surface area contributed by atoms with Crippen LogP contribution >= 0.6 is 0 Å². The highest BCUT2D eigenvalue weighted by atomic mass is 16.4. The molecule has 1 aromatic carbocycles. The van der Waals surface area contributed by atoms with Gasteiger partial charge in [0.2, 0.25) is 0 Å². The Hall–Kier alpha value is -2.10. The van der Waals surface area contributed by atoms with E-state index in [0.717, 1.165) is 17.4 Å². The molecule has 0 aliphatic carbocycles. The molecule has 0 radical (unpaired) electrons. The number of rotatable bonds is 2. The lowest BCUT2D eigenvalue weighted by Gasteiger charge is -2.24. The van der Waals surface area contributed by atoms with Crippen molar-refractivity contribution in [2.45, 2.75) is 6.42 Å². The van der Waals surface area contributed by atoms with Gasteiger partial charge in [-0.15, -0.1) is 0 Å². The zero-order valence-corrected chi connectivity index (χ0v) is 9.30. The summed E-state index contributed by atoms with van der Waals surface area (Å²) in [5, 5.41) is 8.84. The second-order valence-corrected chi connectivity index (χ2v) is 3.91. The minimum absolute atomic E-state index is 0.387. The number of nitrogens with zero attached hydrogens (tertiary/aromatic N) is 1. The molecule has 0 fully saturated rings. The molecule has 1 aliphatic heterocycles. The van der Waals surface area contributed by atoms with Crippen molar-refractivity contribution in [2.75, 3.05) is 13.1 Å². The van der Waals surface area contributed by atoms with E-state index in [1.807, 2.05) is 24.3 Å². The zero-order valence-electron chi connectivity index (χ0n) is 9.30. The largest absolute Gasteiger partial charge is 0.465 e. The third-order valence-corrected chi connectivity index (χ3v) is 2.91. The summed E-state index contributed by atoms with van der Waals surface area (Å²) < 4.78 is 0. The Kier molecular flexibility index (Phi) is 3.23. The smallest absolute Gasteiger partial charge is 0.407 e. The van der Waals surface area contributed by atoms with Crippen molar-refractivity contribution in [1.29, 1.82) is 0 Å². The number of hydrogen-bond acceptors (Lipinski definition) is 2. The van der Waals surface area contributed by atoms with Gasteiger partial charge < -0.3 is 10.0 Å². The van der Waals surface area contributed by atoms with Crippen LogP contribution < -0.4 is 0 Å². The van der Waals surface area contributed by atoms with Crippen LogP contribution in [0.1, 0.15) is 22.3 Å². The molecule has 0 unspecified atom stereocenters. The molecule has 0 saturated carbocycles. The highest BCUT2D eigenvalue weighted by molar-refractivity contribution is 5.86. The zero-order chi connectivity index (χ0) is 12.3. The summed E-state index contributed by atoms with van der Waals surface area (Å²) in [6.45, 7) is 0.867. The van der Waals surface area contributed by atoms with Gasteiger partial charge in [0.25, 0.3) is 0 Å². The van der Waals surface area contributed by atoms with Crippen molar-refractivity contribution in [1.82, 2.24) is 4.90 Å². The molecule has 4 nitrogen and oxygen atoms in total. The Balaban J connectivity index is 2.25. The van der Waals surface area contributed by atoms with Crippen molar-refractivity contribution in [2.24, 2.45) is 0 Å². The number of hydrogen-bond donors (Lipinski definition) is 1. The second kappa shape index (κ2) is 4.82. The van der Waals surface area contributed by atoms with Crippen LogP contribution in [0, 0.1) is 0 Å².